The molecule has 0 saturated carbocycles. The number of anilines is 1. The van der Waals surface area contributed by atoms with E-state index in [1.165, 1.54) is 11.3 Å². The lowest BCUT2D eigenvalue weighted by molar-refractivity contribution is 0.102. The molecule has 0 spiro atoms. The third-order valence-electron chi connectivity index (χ3n) is 4.08. The van der Waals surface area contributed by atoms with Crippen molar-refractivity contribution in [3.63, 3.8) is 0 Å². The van der Waals surface area contributed by atoms with E-state index in [1.54, 1.807) is 16.1 Å². The molecule has 3 rings (SSSR count). The van der Waals surface area contributed by atoms with Crippen LogP contribution in [0, 0.1) is 0 Å². The quantitative estimate of drug-likeness (QED) is 0.904. The van der Waals surface area contributed by atoms with Crippen LogP contribution in [0.25, 0.3) is 0 Å². The van der Waals surface area contributed by atoms with Crippen LogP contribution in [0.1, 0.15) is 49.3 Å². The zero-order chi connectivity index (χ0) is 17.5. The highest BCUT2D eigenvalue weighted by Gasteiger charge is 2.32. The normalized spacial score (nSPS) is 20.2. The second-order valence-electron chi connectivity index (χ2n) is 7.13. The van der Waals surface area contributed by atoms with Crippen molar-refractivity contribution in [3.05, 3.63) is 34.2 Å². The lowest BCUT2D eigenvalue weighted by Gasteiger charge is -2.15. The van der Waals surface area contributed by atoms with Gasteiger partial charge in [0.15, 0.2) is 9.84 Å². The molecule has 3 heterocycles. The first-order valence-electron chi connectivity index (χ1n) is 7.80. The van der Waals surface area contributed by atoms with Crippen molar-refractivity contribution in [1.82, 2.24) is 9.78 Å². The Hall–Kier alpha value is -1.67. The molecule has 1 unspecified atom stereocenters. The van der Waals surface area contributed by atoms with Gasteiger partial charge >= 0.3 is 0 Å². The highest BCUT2D eigenvalue weighted by molar-refractivity contribution is 7.91. The molecule has 1 saturated heterocycles. The van der Waals surface area contributed by atoms with E-state index in [0.717, 1.165) is 5.69 Å². The summed E-state index contributed by atoms with van der Waals surface area (Å²) < 4.78 is 25.3. The summed E-state index contributed by atoms with van der Waals surface area (Å²) in [5, 5.41) is 11.1. The summed E-state index contributed by atoms with van der Waals surface area (Å²) in [6.45, 7) is 6.11. The van der Waals surface area contributed by atoms with Crippen molar-refractivity contribution in [3.8, 4) is 0 Å². The van der Waals surface area contributed by atoms with E-state index >= 15 is 0 Å². The zero-order valence-corrected chi connectivity index (χ0v) is 15.6. The highest BCUT2D eigenvalue weighted by atomic mass is 32.2. The molecule has 8 heteroatoms. The molecule has 1 aliphatic heterocycles. The summed E-state index contributed by atoms with van der Waals surface area (Å²) >= 11 is 1.45. The van der Waals surface area contributed by atoms with Crippen LogP contribution in [0.4, 0.5) is 5.82 Å². The number of hydrogen-bond donors (Lipinski definition) is 1. The molecule has 1 aliphatic rings. The second kappa shape index (κ2) is 6.00. The fourth-order valence-electron chi connectivity index (χ4n) is 2.68. The second-order valence-corrected chi connectivity index (χ2v) is 10.1. The number of hydrogen-bond acceptors (Lipinski definition) is 5. The Morgan fingerprint density at radius 2 is 2.17 bits per heavy atom. The Balaban J connectivity index is 1.94. The van der Waals surface area contributed by atoms with Gasteiger partial charge in [-0.3, -0.25) is 4.79 Å². The number of sulfone groups is 1. The first-order chi connectivity index (χ1) is 11.2. The molecule has 0 aromatic carbocycles. The van der Waals surface area contributed by atoms with Gasteiger partial charge in [0, 0.05) is 16.9 Å². The Morgan fingerprint density at radius 1 is 1.42 bits per heavy atom. The number of amides is 1. The molecular weight excluding hydrogens is 346 g/mol. The van der Waals surface area contributed by atoms with Gasteiger partial charge in [0.2, 0.25) is 0 Å². The van der Waals surface area contributed by atoms with Gasteiger partial charge < -0.3 is 5.32 Å². The molecule has 0 aliphatic carbocycles. The molecule has 1 amide bonds. The number of thiophene rings is 1. The number of carbonyl (C=O) groups is 1. The minimum absolute atomic E-state index is 0.0690. The van der Waals surface area contributed by atoms with Crippen LogP contribution in [-0.2, 0) is 15.3 Å². The molecule has 1 N–H and O–H groups in total. The average Bonchev–Trinajstić information content (AvgIpc) is 3.16. The number of nitrogens with zero attached hydrogens (tertiary/aromatic N) is 2. The maximum absolute atomic E-state index is 12.4. The fraction of sp³-hybridized carbons (Fsp3) is 0.500. The van der Waals surface area contributed by atoms with Crippen molar-refractivity contribution in [2.24, 2.45) is 0 Å². The maximum Gasteiger partial charge on any atom is 0.257 e. The van der Waals surface area contributed by atoms with Crippen molar-refractivity contribution in [2.45, 2.75) is 38.6 Å². The van der Waals surface area contributed by atoms with Gasteiger partial charge in [0.1, 0.15) is 5.82 Å². The lowest BCUT2D eigenvalue weighted by atomic mass is 9.92. The Morgan fingerprint density at radius 3 is 2.71 bits per heavy atom. The molecule has 1 fully saturated rings. The molecule has 24 heavy (non-hydrogen) atoms. The van der Waals surface area contributed by atoms with Gasteiger partial charge in [-0.2, -0.15) is 16.4 Å². The maximum atomic E-state index is 12.4. The minimum atomic E-state index is -3.03. The van der Waals surface area contributed by atoms with Gasteiger partial charge in [-0.1, -0.05) is 20.8 Å². The summed E-state index contributed by atoms with van der Waals surface area (Å²) in [5.74, 6) is 0.580. The van der Waals surface area contributed by atoms with E-state index in [4.69, 9.17) is 0 Å². The van der Waals surface area contributed by atoms with Crippen molar-refractivity contribution >= 4 is 32.9 Å². The van der Waals surface area contributed by atoms with Crippen molar-refractivity contribution in [1.29, 1.82) is 0 Å². The molecule has 6 nitrogen and oxygen atoms in total. The molecule has 2 aromatic heterocycles. The van der Waals surface area contributed by atoms with Gasteiger partial charge in [-0.25, -0.2) is 13.1 Å². The van der Waals surface area contributed by atoms with Crippen molar-refractivity contribution in [2.75, 3.05) is 16.8 Å². The van der Waals surface area contributed by atoms with Crippen LogP contribution in [-0.4, -0.2) is 35.6 Å². The van der Waals surface area contributed by atoms with E-state index in [2.05, 4.69) is 10.4 Å². The summed E-state index contributed by atoms with van der Waals surface area (Å²) in [7, 11) is -3.03. The predicted molar refractivity (Wildman–Crippen MR) is 95.5 cm³/mol. The number of aromatic nitrogens is 2. The summed E-state index contributed by atoms with van der Waals surface area (Å²) in [4.78, 5) is 12.4. The fourth-order valence-corrected chi connectivity index (χ4v) is 5.01. The zero-order valence-electron chi connectivity index (χ0n) is 13.9. The third-order valence-corrected chi connectivity index (χ3v) is 6.52. The third kappa shape index (κ3) is 3.54. The molecule has 2 aromatic rings. The molecular formula is C16H21N3O3S2. The topological polar surface area (TPSA) is 81.1 Å². The highest BCUT2D eigenvalue weighted by Crippen LogP contribution is 2.31. The van der Waals surface area contributed by atoms with E-state index in [1.807, 2.05) is 32.2 Å². The Kier molecular flexibility index (Phi) is 4.29. The summed E-state index contributed by atoms with van der Waals surface area (Å²) in [6.07, 6.45) is 0.523. The largest absolute Gasteiger partial charge is 0.307 e. The van der Waals surface area contributed by atoms with Gasteiger partial charge in [-0.15, -0.1) is 0 Å². The molecule has 1 atom stereocenters. The number of nitrogens with one attached hydrogen (secondary N) is 1. The first-order valence-corrected chi connectivity index (χ1v) is 10.6. The molecule has 0 radical (unpaired) electrons. The minimum Gasteiger partial charge on any atom is -0.307 e. The number of rotatable bonds is 3. The SMILES string of the molecule is CC(C)(C)c1cc(NC(=O)c2ccsc2)n(C2CCS(=O)(=O)C2)n1. The van der Waals surface area contributed by atoms with Crippen LogP contribution in [0.15, 0.2) is 22.9 Å². The van der Waals surface area contributed by atoms with Gasteiger partial charge in [-0.05, 0) is 17.9 Å². The predicted octanol–water partition coefficient (Wildman–Crippen LogP) is 2.85. The van der Waals surface area contributed by atoms with Gasteiger partial charge in [0.25, 0.3) is 5.91 Å². The van der Waals surface area contributed by atoms with E-state index < -0.39 is 9.84 Å². The van der Waals surface area contributed by atoms with Crippen LogP contribution < -0.4 is 5.32 Å². The monoisotopic (exact) mass is 367 g/mol. The lowest BCUT2D eigenvalue weighted by Crippen LogP contribution is -2.19. The van der Waals surface area contributed by atoms with E-state index in [0.29, 0.717) is 17.8 Å². The smallest absolute Gasteiger partial charge is 0.257 e. The van der Waals surface area contributed by atoms with E-state index in [-0.39, 0.29) is 28.9 Å². The van der Waals surface area contributed by atoms with E-state index in [9.17, 15) is 13.2 Å². The van der Waals surface area contributed by atoms with Crippen LogP contribution >= 0.6 is 11.3 Å². The van der Waals surface area contributed by atoms with Crippen molar-refractivity contribution < 1.29 is 13.2 Å². The van der Waals surface area contributed by atoms with Crippen LogP contribution in [0.5, 0.6) is 0 Å². The molecule has 130 valence electrons. The Labute approximate surface area is 145 Å². The summed E-state index contributed by atoms with van der Waals surface area (Å²) in [5.41, 5.74) is 1.22. The number of carbonyl (C=O) groups excluding carboxylic acids is 1. The summed E-state index contributed by atoms with van der Waals surface area (Å²) in [6, 6.07) is 3.37. The first kappa shape index (κ1) is 17.2. The standard InChI is InChI=1S/C16H21N3O3S2/c1-16(2,3)13-8-14(17-15(20)11-4-6-23-9-11)19(18-13)12-5-7-24(21,22)10-12/h4,6,8-9,12H,5,7,10H2,1-3H3,(H,17,20). The van der Waals surface area contributed by atoms with Gasteiger partial charge in [0.05, 0.1) is 28.8 Å². The average molecular weight is 367 g/mol. The Bertz CT molecular complexity index is 846. The van der Waals surface area contributed by atoms with Crippen LogP contribution in [0.2, 0.25) is 0 Å². The van der Waals surface area contributed by atoms with Crippen LogP contribution in [0.3, 0.4) is 0 Å². The molecule has 0 bridgehead atoms.